The summed E-state index contributed by atoms with van der Waals surface area (Å²) in [6.07, 6.45) is 1.38. The molecule has 0 saturated carbocycles. The van der Waals surface area contributed by atoms with Gasteiger partial charge in [-0.05, 0) is 38.0 Å². The zero-order valence-corrected chi connectivity index (χ0v) is 15.9. The Balaban J connectivity index is 1.51. The Morgan fingerprint density at radius 3 is 2.56 bits per heavy atom. The van der Waals surface area contributed by atoms with Crippen molar-refractivity contribution >= 4 is 11.8 Å². The van der Waals surface area contributed by atoms with E-state index >= 15 is 0 Å². The summed E-state index contributed by atoms with van der Waals surface area (Å²) in [6.45, 7) is 3.65. The van der Waals surface area contributed by atoms with Gasteiger partial charge in [-0.2, -0.15) is 0 Å². The molecular weight excluding hydrogens is 340 g/mol. The number of rotatable bonds is 5. The molecule has 5 nitrogen and oxygen atoms in total. The van der Waals surface area contributed by atoms with Gasteiger partial charge in [-0.3, -0.25) is 9.59 Å². The van der Waals surface area contributed by atoms with Crippen LogP contribution in [0, 0.1) is 12.8 Å². The van der Waals surface area contributed by atoms with Crippen molar-refractivity contribution in [2.45, 2.75) is 26.3 Å². The Kier molecular flexibility index (Phi) is 6.12. The second-order valence-corrected chi connectivity index (χ2v) is 6.97. The second kappa shape index (κ2) is 8.71. The van der Waals surface area contributed by atoms with Gasteiger partial charge in [0.1, 0.15) is 5.75 Å². The number of nitrogens with zero attached hydrogens (tertiary/aromatic N) is 1. The number of para-hydroxylation sites is 1. The Bertz CT molecular complexity index is 811. The van der Waals surface area contributed by atoms with Crippen LogP contribution >= 0.6 is 0 Å². The number of hydrogen-bond acceptors (Lipinski definition) is 3. The first-order valence-electron chi connectivity index (χ1n) is 9.34. The van der Waals surface area contributed by atoms with Crippen LogP contribution in [0.3, 0.4) is 0 Å². The van der Waals surface area contributed by atoms with E-state index in [4.69, 9.17) is 4.74 Å². The third-order valence-corrected chi connectivity index (χ3v) is 5.06. The third-order valence-electron chi connectivity index (χ3n) is 5.06. The molecule has 1 fully saturated rings. The summed E-state index contributed by atoms with van der Waals surface area (Å²) in [5.74, 6) is 0.813. The Hall–Kier alpha value is -2.82. The molecule has 0 radical (unpaired) electrons. The second-order valence-electron chi connectivity index (χ2n) is 6.97. The summed E-state index contributed by atoms with van der Waals surface area (Å²) in [5.41, 5.74) is 2.75. The van der Waals surface area contributed by atoms with Gasteiger partial charge >= 0.3 is 0 Å². The van der Waals surface area contributed by atoms with Gasteiger partial charge in [-0.1, -0.05) is 35.9 Å². The van der Waals surface area contributed by atoms with Gasteiger partial charge in [0.15, 0.2) is 0 Å². The highest BCUT2D eigenvalue weighted by atomic mass is 16.5. The molecule has 0 aromatic heterocycles. The number of nitrogens with one attached hydrogen (secondary N) is 1. The zero-order chi connectivity index (χ0) is 19.2. The number of methoxy groups -OCH3 is 1. The summed E-state index contributed by atoms with van der Waals surface area (Å²) in [5, 5.41) is 3.00. The quantitative estimate of drug-likeness (QED) is 0.884. The number of carbonyl (C=O) groups is 2. The standard InChI is InChI=1S/C22H26N2O3/c1-16-6-5-8-18(14-16)22(26)24-12-10-17(11-13-24)21(25)23-15-19-7-3-4-9-20(19)27-2/h3-9,14,17H,10-13,15H2,1-2H3,(H,23,25). The van der Waals surface area contributed by atoms with Crippen molar-refractivity contribution in [3.63, 3.8) is 0 Å². The van der Waals surface area contributed by atoms with E-state index in [0.29, 0.717) is 38.0 Å². The number of carbonyl (C=O) groups excluding carboxylic acids is 2. The van der Waals surface area contributed by atoms with Crippen LogP contribution in [0.2, 0.25) is 0 Å². The Morgan fingerprint density at radius 2 is 1.85 bits per heavy atom. The van der Waals surface area contributed by atoms with E-state index in [0.717, 1.165) is 16.9 Å². The predicted octanol–water partition coefficient (Wildman–Crippen LogP) is 3.17. The fraction of sp³-hybridized carbons (Fsp3) is 0.364. The zero-order valence-electron chi connectivity index (χ0n) is 15.9. The molecule has 27 heavy (non-hydrogen) atoms. The van der Waals surface area contributed by atoms with Crippen LogP contribution in [0.25, 0.3) is 0 Å². The van der Waals surface area contributed by atoms with Gasteiger partial charge in [0.2, 0.25) is 5.91 Å². The third kappa shape index (κ3) is 4.67. The molecule has 2 aromatic rings. The maximum absolute atomic E-state index is 12.6. The smallest absolute Gasteiger partial charge is 0.253 e. The van der Waals surface area contributed by atoms with E-state index in [1.54, 1.807) is 7.11 Å². The average Bonchev–Trinajstić information content (AvgIpc) is 2.71. The molecule has 0 atom stereocenters. The van der Waals surface area contributed by atoms with Crippen molar-refractivity contribution in [1.82, 2.24) is 10.2 Å². The van der Waals surface area contributed by atoms with Crippen LogP contribution < -0.4 is 10.1 Å². The number of amides is 2. The van der Waals surface area contributed by atoms with E-state index in [2.05, 4.69) is 5.32 Å². The molecule has 0 spiro atoms. The van der Waals surface area contributed by atoms with Crippen molar-refractivity contribution in [1.29, 1.82) is 0 Å². The van der Waals surface area contributed by atoms with Crippen LogP contribution in [0.1, 0.15) is 34.3 Å². The molecule has 1 heterocycles. The number of hydrogen-bond donors (Lipinski definition) is 1. The molecule has 1 aliphatic rings. The normalized spacial score (nSPS) is 14.7. The molecule has 1 saturated heterocycles. The lowest BCUT2D eigenvalue weighted by atomic mass is 9.95. The van der Waals surface area contributed by atoms with Gasteiger partial charge in [0, 0.05) is 36.7 Å². The van der Waals surface area contributed by atoms with Gasteiger partial charge in [-0.15, -0.1) is 0 Å². The van der Waals surface area contributed by atoms with Crippen LogP contribution in [-0.2, 0) is 11.3 Å². The summed E-state index contributed by atoms with van der Waals surface area (Å²) < 4.78 is 5.32. The van der Waals surface area contributed by atoms with Crippen LogP contribution in [-0.4, -0.2) is 36.9 Å². The number of piperidine rings is 1. The van der Waals surface area contributed by atoms with Gasteiger partial charge in [-0.25, -0.2) is 0 Å². The van der Waals surface area contributed by atoms with Crippen molar-refractivity contribution in [3.05, 3.63) is 65.2 Å². The van der Waals surface area contributed by atoms with Crippen LogP contribution in [0.15, 0.2) is 48.5 Å². The average molecular weight is 366 g/mol. The lowest BCUT2D eigenvalue weighted by Crippen LogP contribution is -2.43. The SMILES string of the molecule is COc1ccccc1CNC(=O)C1CCN(C(=O)c2cccc(C)c2)CC1. The van der Waals surface area contributed by atoms with E-state index < -0.39 is 0 Å². The highest BCUT2D eigenvalue weighted by molar-refractivity contribution is 5.94. The first kappa shape index (κ1) is 19.0. The molecule has 0 aliphatic carbocycles. The first-order chi connectivity index (χ1) is 13.1. The first-order valence-corrected chi connectivity index (χ1v) is 9.34. The number of ether oxygens (including phenoxy) is 1. The molecule has 1 aliphatic heterocycles. The monoisotopic (exact) mass is 366 g/mol. The molecule has 5 heteroatoms. The molecule has 142 valence electrons. The number of benzene rings is 2. The fourth-order valence-corrected chi connectivity index (χ4v) is 3.48. The van der Waals surface area contributed by atoms with Crippen molar-refractivity contribution in [2.24, 2.45) is 5.92 Å². The highest BCUT2D eigenvalue weighted by Crippen LogP contribution is 2.21. The summed E-state index contributed by atoms with van der Waals surface area (Å²) in [6, 6.07) is 15.3. The van der Waals surface area contributed by atoms with E-state index in [-0.39, 0.29) is 17.7 Å². The largest absolute Gasteiger partial charge is 0.496 e. The van der Waals surface area contributed by atoms with Gasteiger partial charge in [0.05, 0.1) is 7.11 Å². The van der Waals surface area contributed by atoms with Crippen LogP contribution in [0.4, 0.5) is 0 Å². The molecular formula is C22H26N2O3. The molecule has 3 rings (SSSR count). The van der Waals surface area contributed by atoms with E-state index in [9.17, 15) is 9.59 Å². The van der Waals surface area contributed by atoms with E-state index in [1.807, 2.05) is 60.4 Å². The fourth-order valence-electron chi connectivity index (χ4n) is 3.48. The Labute approximate surface area is 160 Å². The summed E-state index contributed by atoms with van der Waals surface area (Å²) >= 11 is 0. The van der Waals surface area contributed by atoms with Crippen LogP contribution in [0.5, 0.6) is 5.75 Å². The lowest BCUT2D eigenvalue weighted by Gasteiger charge is -2.31. The molecule has 2 amide bonds. The lowest BCUT2D eigenvalue weighted by molar-refractivity contribution is -0.126. The topological polar surface area (TPSA) is 58.6 Å². The predicted molar refractivity (Wildman–Crippen MR) is 105 cm³/mol. The highest BCUT2D eigenvalue weighted by Gasteiger charge is 2.27. The minimum absolute atomic E-state index is 0.0450. The number of likely N-dealkylation sites (tertiary alicyclic amines) is 1. The molecule has 0 bridgehead atoms. The maximum Gasteiger partial charge on any atom is 0.253 e. The minimum Gasteiger partial charge on any atom is -0.496 e. The Morgan fingerprint density at radius 1 is 1.11 bits per heavy atom. The maximum atomic E-state index is 12.6. The summed E-state index contributed by atoms with van der Waals surface area (Å²) in [7, 11) is 1.63. The molecule has 0 unspecified atom stereocenters. The summed E-state index contributed by atoms with van der Waals surface area (Å²) in [4.78, 5) is 27.0. The van der Waals surface area contributed by atoms with E-state index in [1.165, 1.54) is 0 Å². The molecule has 2 aromatic carbocycles. The van der Waals surface area contributed by atoms with Crippen molar-refractivity contribution in [2.75, 3.05) is 20.2 Å². The van der Waals surface area contributed by atoms with Crippen molar-refractivity contribution < 1.29 is 14.3 Å². The number of aryl methyl sites for hydroxylation is 1. The van der Waals surface area contributed by atoms with Crippen molar-refractivity contribution in [3.8, 4) is 5.75 Å². The minimum atomic E-state index is -0.0544. The van der Waals surface area contributed by atoms with Gasteiger partial charge < -0.3 is 15.0 Å². The molecule has 1 N–H and O–H groups in total. The van der Waals surface area contributed by atoms with Gasteiger partial charge in [0.25, 0.3) is 5.91 Å².